The molecule has 4 heterocycles. The summed E-state index contributed by atoms with van der Waals surface area (Å²) in [6, 6.07) is 24.5. The van der Waals surface area contributed by atoms with E-state index in [1.54, 1.807) is 0 Å². The minimum atomic E-state index is -0.184. The fraction of sp³-hybridized carbons (Fsp3) is 0.481. The molecule has 0 unspecified atom stereocenters. The number of ether oxygens (including phenoxy) is 2. The Hall–Kier alpha value is -4.04. The van der Waals surface area contributed by atoms with Gasteiger partial charge in [-0.15, -0.1) is 69.1 Å². The van der Waals surface area contributed by atoms with Gasteiger partial charge in [0.25, 0.3) is 11.8 Å². The molecule has 10 nitrogen and oxygen atoms in total. The van der Waals surface area contributed by atoms with Gasteiger partial charge in [0.05, 0.1) is 45.5 Å². The van der Waals surface area contributed by atoms with Crippen LogP contribution in [0.3, 0.4) is 0 Å². The minimum absolute atomic E-state index is 0.130. The lowest BCUT2D eigenvalue weighted by Gasteiger charge is -2.24. The number of carbonyl (C=O) groups is 4. The number of hydrogen-bond donors (Lipinski definition) is 0. The maximum absolute atomic E-state index is 14.5. The summed E-state index contributed by atoms with van der Waals surface area (Å²) < 4.78 is 11.1. The molecule has 0 spiro atoms. The second kappa shape index (κ2) is 30.1. The standard InChI is InChI=1S/C54H66Cl4N4O6S2/c55-27-33-59(34-28-56)43-23-19-41(20-24-43)13-9-17-47(63)67-37-7-3-1-5-31-61-51(45-15-11-39-69-45)49-50(53(61)65)52(46-16-12-40-70-46)62(54(49)66)32-6-2-4-8-38-68-48(64)18-10-14-42-21-25-44(26-22-42)60(35-29-57)36-30-58/h11-12,15-16,19-26,39-40H,1-10,13-14,17-18,27-38H2. The number of hydrogen-bond acceptors (Lipinski definition) is 10. The fourth-order valence-corrected chi connectivity index (χ4v) is 11.3. The van der Waals surface area contributed by atoms with Gasteiger partial charge >= 0.3 is 11.9 Å². The van der Waals surface area contributed by atoms with Gasteiger partial charge in [-0.2, -0.15) is 0 Å². The molecule has 378 valence electrons. The van der Waals surface area contributed by atoms with Crippen molar-refractivity contribution < 1.29 is 28.7 Å². The van der Waals surface area contributed by atoms with Gasteiger partial charge in [0.2, 0.25) is 0 Å². The molecule has 4 aromatic rings. The third-order valence-corrected chi connectivity index (χ3v) is 14.9. The maximum Gasteiger partial charge on any atom is 0.305 e. The van der Waals surface area contributed by atoms with Crippen molar-refractivity contribution in [3.63, 3.8) is 0 Å². The number of rotatable bonds is 34. The number of anilines is 2. The van der Waals surface area contributed by atoms with Gasteiger partial charge in [0.1, 0.15) is 0 Å². The molecular formula is C54H66Cl4N4O6S2. The van der Waals surface area contributed by atoms with Crippen LogP contribution in [0.25, 0.3) is 11.4 Å². The molecule has 0 saturated carbocycles. The lowest BCUT2D eigenvalue weighted by atomic mass is 10.1. The van der Waals surface area contributed by atoms with E-state index in [0.29, 0.717) is 98.0 Å². The molecule has 0 N–H and O–H groups in total. The van der Waals surface area contributed by atoms with Crippen LogP contribution in [0.15, 0.2) is 94.7 Å². The fourth-order valence-electron chi connectivity index (χ4n) is 8.90. The molecule has 2 aromatic carbocycles. The number of halogens is 4. The van der Waals surface area contributed by atoms with Crippen LogP contribution >= 0.6 is 69.1 Å². The number of unbranched alkanes of at least 4 members (excludes halogenated alkanes) is 6. The van der Waals surface area contributed by atoms with Gasteiger partial charge in [-0.05, 0) is 122 Å². The Morgan fingerprint density at radius 2 is 0.857 bits per heavy atom. The van der Waals surface area contributed by atoms with Gasteiger partial charge in [-0.3, -0.25) is 19.2 Å². The molecule has 0 radical (unpaired) electrons. The highest BCUT2D eigenvalue weighted by atomic mass is 35.5. The number of amides is 2. The predicted molar refractivity (Wildman–Crippen MR) is 291 cm³/mol. The number of benzene rings is 2. The average molecular weight is 1070 g/mol. The first-order valence-corrected chi connectivity index (χ1v) is 28.6. The zero-order chi connectivity index (χ0) is 49.5. The van der Waals surface area contributed by atoms with Gasteiger partial charge in [-0.25, -0.2) is 0 Å². The summed E-state index contributed by atoms with van der Waals surface area (Å²) in [7, 11) is 0. The van der Waals surface area contributed by atoms with Gasteiger partial charge in [0, 0.05) is 87.0 Å². The third-order valence-electron chi connectivity index (χ3n) is 12.5. The maximum atomic E-state index is 14.5. The average Bonchev–Trinajstić information content (AvgIpc) is 4.19. The molecule has 0 saturated heterocycles. The van der Waals surface area contributed by atoms with Crippen LogP contribution in [-0.2, 0) is 41.5 Å². The summed E-state index contributed by atoms with van der Waals surface area (Å²) in [5, 5.41) is 3.95. The summed E-state index contributed by atoms with van der Waals surface area (Å²) in [6.45, 7) is 4.68. The Bertz CT molecular complexity index is 2130. The van der Waals surface area contributed by atoms with Crippen LogP contribution < -0.4 is 9.80 Å². The van der Waals surface area contributed by atoms with Crippen molar-refractivity contribution in [3.05, 3.63) is 116 Å². The number of esters is 2. The van der Waals surface area contributed by atoms with E-state index in [-0.39, 0.29) is 23.8 Å². The van der Waals surface area contributed by atoms with Crippen molar-refractivity contribution in [2.45, 2.75) is 89.9 Å². The smallest absolute Gasteiger partial charge is 0.305 e. The van der Waals surface area contributed by atoms with Gasteiger partial charge < -0.3 is 29.1 Å². The molecule has 0 aliphatic carbocycles. The highest BCUT2D eigenvalue weighted by molar-refractivity contribution is 7.11. The molecule has 16 heteroatoms. The SMILES string of the molecule is O=C(CCCc1ccc(N(CCCl)CCCl)cc1)OCCCCCCN1C(=O)C2=C(c3cccs3)N(CCCCCCOC(=O)CCCc3ccc(N(CCCl)CCCl)cc3)C(=O)C2=C1c1cccs1. The van der Waals surface area contributed by atoms with Crippen molar-refractivity contribution in [2.75, 3.05) is 85.8 Å². The molecule has 6 rings (SSSR count). The Morgan fingerprint density at radius 3 is 1.20 bits per heavy atom. The highest BCUT2D eigenvalue weighted by Crippen LogP contribution is 2.48. The van der Waals surface area contributed by atoms with Crippen molar-refractivity contribution in [3.8, 4) is 0 Å². The molecule has 0 atom stereocenters. The first kappa shape index (κ1) is 55.3. The molecular weight excluding hydrogens is 1010 g/mol. The number of nitrogens with zero attached hydrogens (tertiary/aromatic N) is 4. The van der Waals surface area contributed by atoms with E-state index in [9.17, 15) is 19.2 Å². The zero-order valence-electron chi connectivity index (χ0n) is 40.0. The zero-order valence-corrected chi connectivity index (χ0v) is 44.7. The predicted octanol–water partition coefficient (Wildman–Crippen LogP) is 12.4. The summed E-state index contributed by atoms with van der Waals surface area (Å²) in [4.78, 5) is 63.6. The summed E-state index contributed by atoms with van der Waals surface area (Å²) in [5.41, 5.74) is 6.92. The van der Waals surface area contributed by atoms with Crippen LogP contribution in [-0.4, -0.2) is 110 Å². The van der Waals surface area contributed by atoms with E-state index >= 15 is 0 Å². The van der Waals surface area contributed by atoms with Crippen LogP contribution in [0, 0.1) is 0 Å². The molecule has 2 aliphatic heterocycles. The largest absolute Gasteiger partial charge is 0.466 e. The summed E-state index contributed by atoms with van der Waals surface area (Å²) in [5.74, 6) is 1.52. The lowest BCUT2D eigenvalue weighted by Crippen LogP contribution is -2.30. The molecule has 0 bridgehead atoms. The number of fused-ring (bicyclic) bond motifs is 1. The third kappa shape index (κ3) is 16.0. The Kier molecular flexibility index (Phi) is 23.8. The van der Waals surface area contributed by atoms with Crippen molar-refractivity contribution in [1.29, 1.82) is 0 Å². The van der Waals surface area contributed by atoms with E-state index in [1.807, 2.05) is 44.8 Å². The highest BCUT2D eigenvalue weighted by Gasteiger charge is 2.49. The van der Waals surface area contributed by atoms with Gasteiger partial charge in [-0.1, -0.05) is 49.2 Å². The Labute approximate surface area is 442 Å². The van der Waals surface area contributed by atoms with E-state index in [1.165, 1.54) is 33.8 Å². The molecule has 0 fully saturated rings. The van der Waals surface area contributed by atoms with Gasteiger partial charge in [0.15, 0.2) is 0 Å². The van der Waals surface area contributed by atoms with E-state index in [2.05, 4.69) is 58.3 Å². The quantitative estimate of drug-likeness (QED) is 0.0259. The topological polar surface area (TPSA) is 99.7 Å². The first-order valence-electron chi connectivity index (χ1n) is 24.7. The number of thiophene rings is 2. The number of aryl methyl sites for hydroxylation is 2. The molecule has 2 aliphatic rings. The van der Waals surface area contributed by atoms with Crippen LogP contribution in [0.2, 0.25) is 0 Å². The second-order valence-corrected chi connectivity index (χ2v) is 20.8. The first-order chi connectivity index (χ1) is 34.3. The van der Waals surface area contributed by atoms with E-state index in [4.69, 9.17) is 55.9 Å². The number of alkyl halides is 4. The van der Waals surface area contributed by atoms with Crippen LogP contribution in [0.5, 0.6) is 0 Å². The number of carbonyl (C=O) groups excluding carboxylic acids is 4. The Morgan fingerprint density at radius 1 is 0.486 bits per heavy atom. The normalized spacial score (nSPS) is 13.5. The summed E-state index contributed by atoms with van der Waals surface area (Å²) in [6.07, 6.45) is 10.2. The lowest BCUT2D eigenvalue weighted by molar-refractivity contribution is -0.144. The minimum Gasteiger partial charge on any atom is -0.466 e. The van der Waals surface area contributed by atoms with E-state index in [0.717, 1.165) is 112 Å². The monoisotopic (exact) mass is 1070 g/mol. The molecule has 2 amide bonds. The summed E-state index contributed by atoms with van der Waals surface area (Å²) >= 11 is 26.9. The van der Waals surface area contributed by atoms with Crippen molar-refractivity contribution in [2.24, 2.45) is 0 Å². The molecule has 70 heavy (non-hydrogen) atoms. The second-order valence-electron chi connectivity index (χ2n) is 17.4. The van der Waals surface area contributed by atoms with Crippen molar-refractivity contribution in [1.82, 2.24) is 9.80 Å². The van der Waals surface area contributed by atoms with E-state index < -0.39 is 0 Å². The molecule has 2 aromatic heterocycles. The van der Waals surface area contributed by atoms with Crippen LogP contribution in [0.4, 0.5) is 11.4 Å². The van der Waals surface area contributed by atoms with Crippen molar-refractivity contribution >= 4 is 116 Å². The Balaban J connectivity index is 0.907. The van der Waals surface area contributed by atoms with Crippen LogP contribution in [0.1, 0.15) is 97.9 Å².